The summed E-state index contributed by atoms with van der Waals surface area (Å²) in [5, 5.41) is 24.6. The fraction of sp³-hybridized carbons (Fsp3) is 0.355. The first-order chi connectivity index (χ1) is 19.5. The number of rotatable bonds is 6. The average Bonchev–Trinajstić information content (AvgIpc) is 2.94. The third kappa shape index (κ3) is 4.57. The molecule has 1 saturated heterocycles. The summed E-state index contributed by atoms with van der Waals surface area (Å²) in [6, 6.07) is 7.59. The smallest absolute Gasteiger partial charge is 0.344 e. The number of hydrogen-bond acceptors (Lipinski definition) is 10. The number of carbonyl (C=O) groups is 1. The number of carbonyl (C=O) groups excluding carboxylic acids is 1. The van der Waals surface area contributed by atoms with Gasteiger partial charge in [0, 0.05) is 23.1 Å². The Hall–Kier alpha value is -4.12. The Bertz CT molecular complexity index is 1740. The highest BCUT2D eigenvalue weighted by molar-refractivity contribution is 6.19. The summed E-state index contributed by atoms with van der Waals surface area (Å²) in [5.41, 5.74) is 0.686. The number of benzene rings is 3. The van der Waals surface area contributed by atoms with Gasteiger partial charge in [0.05, 0.1) is 37.1 Å². The molecule has 10 heteroatoms. The third-order valence-electron chi connectivity index (χ3n) is 7.72. The van der Waals surface area contributed by atoms with E-state index in [0.29, 0.717) is 38.8 Å². The number of esters is 1. The van der Waals surface area contributed by atoms with Crippen molar-refractivity contribution in [1.29, 1.82) is 0 Å². The van der Waals surface area contributed by atoms with Gasteiger partial charge in [-0.15, -0.1) is 0 Å². The summed E-state index contributed by atoms with van der Waals surface area (Å²) >= 11 is 0. The number of nitrogens with zero attached hydrogens (tertiary/aromatic N) is 1. The molecule has 0 spiro atoms. The van der Waals surface area contributed by atoms with E-state index in [0.717, 1.165) is 0 Å². The largest absolute Gasteiger partial charge is 0.507 e. The molecule has 0 aliphatic carbocycles. The summed E-state index contributed by atoms with van der Waals surface area (Å²) in [6.07, 6.45) is -1.86. The van der Waals surface area contributed by atoms with Crippen LogP contribution < -0.4 is 15.1 Å². The molecule has 0 radical (unpaired) electrons. The Morgan fingerprint density at radius 1 is 1.05 bits per heavy atom. The molecule has 2 heterocycles. The number of aliphatic hydroxyl groups excluding tert-OH is 1. The molecule has 1 aromatic heterocycles. The van der Waals surface area contributed by atoms with Crippen LogP contribution in [-0.2, 0) is 14.3 Å². The van der Waals surface area contributed by atoms with E-state index in [4.69, 9.17) is 23.4 Å². The normalized spacial score (nSPS) is 22.8. The number of methoxy groups -OCH3 is 2. The topological polar surface area (TPSA) is 128 Å². The van der Waals surface area contributed by atoms with Crippen molar-refractivity contribution in [3.8, 4) is 17.2 Å². The minimum absolute atomic E-state index is 0.112. The van der Waals surface area contributed by atoms with E-state index < -0.39 is 42.1 Å². The summed E-state index contributed by atoms with van der Waals surface area (Å²) in [4.78, 5) is 27.1. The van der Waals surface area contributed by atoms with Crippen LogP contribution in [0.15, 0.2) is 46.1 Å². The van der Waals surface area contributed by atoms with Crippen LogP contribution in [0.25, 0.3) is 38.6 Å². The third-order valence-corrected chi connectivity index (χ3v) is 7.72. The fourth-order valence-corrected chi connectivity index (χ4v) is 5.95. The molecule has 1 aliphatic rings. The van der Waals surface area contributed by atoms with Crippen molar-refractivity contribution in [3.63, 3.8) is 0 Å². The number of fused-ring (bicyclic) bond motifs is 5. The van der Waals surface area contributed by atoms with E-state index >= 15 is 0 Å². The lowest BCUT2D eigenvalue weighted by atomic mass is 9.86. The van der Waals surface area contributed by atoms with Crippen molar-refractivity contribution >= 4 is 44.6 Å². The van der Waals surface area contributed by atoms with E-state index in [-0.39, 0.29) is 22.1 Å². The van der Waals surface area contributed by atoms with Gasteiger partial charge in [-0.1, -0.05) is 18.7 Å². The highest BCUT2D eigenvalue weighted by atomic mass is 16.6. The molecule has 2 N–H and O–H groups in total. The molecular formula is C31H33NO9. The molecule has 41 heavy (non-hydrogen) atoms. The van der Waals surface area contributed by atoms with Crippen LogP contribution in [0, 0.1) is 0 Å². The molecule has 216 valence electrons. The van der Waals surface area contributed by atoms with Gasteiger partial charge in [-0.3, -0.25) is 4.79 Å². The first-order valence-electron chi connectivity index (χ1n) is 13.1. The number of aliphatic hydroxyl groups is 1. The zero-order valence-corrected chi connectivity index (χ0v) is 23.8. The lowest BCUT2D eigenvalue weighted by Gasteiger charge is -2.46. The molecule has 0 amide bonds. The molecule has 5 atom stereocenters. The molecular weight excluding hydrogens is 530 g/mol. The zero-order valence-electron chi connectivity index (χ0n) is 23.8. The van der Waals surface area contributed by atoms with E-state index in [9.17, 15) is 19.8 Å². The number of hydrogen-bond donors (Lipinski definition) is 2. The maximum Gasteiger partial charge on any atom is 0.344 e. The molecule has 0 bridgehead atoms. The van der Waals surface area contributed by atoms with Crippen LogP contribution >= 0.6 is 0 Å². The SMILES string of the molecule is C=Cc1cc(OC)c2c(c1)c(=O)oc1c2cc(OC)c2c(O)ccc([C@H]3OC(C)[C@@H](OC(C)=O)C(N(C)C)C3O)c21. The molecule has 0 saturated carbocycles. The summed E-state index contributed by atoms with van der Waals surface area (Å²) in [5.74, 6) is 0.144. The maximum absolute atomic E-state index is 13.4. The monoisotopic (exact) mass is 563 g/mol. The maximum atomic E-state index is 13.4. The standard InChI is InChI=1S/C31H33NO9/c1-8-16-11-19-23(21(12-16)37-6)18-13-22(38-7)25-20(34)10-9-17(24(25)29(18)41-31(19)36)30-27(35)26(32(4)5)28(14(2)39-30)40-15(3)33/h8-14,26-28,30,34-35H,1H2,2-7H3/t14?,26?,27?,28-,30-/m1/s1. The van der Waals surface area contributed by atoms with Crippen LogP contribution in [0.5, 0.6) is 17.2 Å². The number of aromatic hydroxyl groups is 1. The second-order valence-corrected chi connectivity index (χ2v) is 10.4. The predicted molar refractivity (Wildman–Crippen MR) is 155 cm³/mol. The second-order valence-electron chi connectivity index (χ2n) is 10.4. The van der Waals surface area contributed by atoms with Crippen LogP contribution in [0.4, 0.5) is 0 Å². The zero-order chi connectivity index (χ0) is 29.7. The molecule has 10 nitrogen and oxygen atoms in total. The van der Waals surface area contributed by atoms with Gasteiger partial charge in [0.25, 0.3) is 0 Å². The first-order valence-corrected chi connectivity index (χ1v) is 13.1. The Morgan fingerprint density at radius 2 is 1.73 bits per heavy atom. The predicted octanol–water partition coefficient (Wildman–Crippen LogP) is 4.15. The summed E-state index contributed by atoms with van der Waals surface area (Å²) in [7, 11) is 6.54. The van der Waals surface area contributed by atoms with Crippen LogP contribution in [0.2, 0.25) is 0 Å². The van der Waals surface area contributed by atoms with E-state index in [1.807, 2.05) is 0 Å². The molecule has 1 aliphatic heterocycles. The highest BCUT2D eigenvalue weighted by Gasteiger charge is 2.47. The molecule has 1 fully saturated rings. The van der Waals surface area contributed by atoms with Crippen LogP contribution in [0.3, 0.4) is 0 Å². The van der Waals surface area contributed by atoms with Gasteiger partial charge in [0.1, 0.15) is 41.1 Å². The number of phenolic OH excluding ortho intramolecular Hbond substituents is 1. The highest BCUT2D eigenvalue weighted by Crippen LogP contribution is 2.47. The molecule has 4 aromatic rings. The first kappa shape index (κ1) is 28.4. The minimum atomic E-state index is -1.17. The van der Waals surface area contributed by atoms with Gasteiger partial charge in [-0.25, -0.2) is 4.79 Å². The quantitative estimate of drug-likeness (QED) is 0.201. The summed E-state index contributed by atoms with van der Waals surface area (Å²) in [6.45, 7) is 6.87. The van der Waals surface area contributed by atoms with Crippen LogP contribution in [-0.4, -0.2) is 73.8 Å². The minimum Gasteiger partial charge on any atom is -0.507 e. The number of phenols is 1. The van der Waals surface area contributed by atoms with E-state index in [1.54, 1.807) is 56.3 Å². The average molecular weight is 564 g/mol. The van der Waals surface area contributed by atoms with Crippen molar-refractivity contribution in [1.82, 2.24) is 4.90 Å². The number of ether oxygens (including phenoxy) is 4. The Labute approximate surface area is 236 Å². The van der Waals surface area contributed by atoms with Crippen molar-refractivity contribution in [3.05, 3.63) is 58.5 Å². The molecule has 3 unspecified atom stereocenters. The van der Waals surface area contributed by atoms with E-state index in [2.05, 4.69) is 6.58 Å². The second kappa shape index (κ2) is 10.7. The molecule has 3 aromatic carbocycles. The van der Waals surface area contributed by atoms with Gasteiger partial charge in [-0.2, -0.15) is 0 Å². The lowest BCUT2D eigenvalue weighted by Crippen LogP contribution is -2.60. The summed E-state index contributed by atoms with van der Waals surface area (Å²) < 4.78 is 29.2. The van der Waals surface area contributed by atoms with Crippen molar-refractivity contribution in [2.45, 2.75) is 44.3 Å². The Balaban J connectivity index is 1.88. The van der Waals surface area contributed by atoms with Gasteiger partial charge in [0.2, 0.25) is 0 Å². The van der Waals surface area contributed by atoms with E-state index in [1.165, 1.54) is 27.2 Å². The van der Waals surface area contributed by atoms with Gasteiger partial charge in [-0.05, 0) is 56.4 Å². The van der Waals surface area contributed by atoms with Gasteiger partial charge < -0.3 is 38.5 Å². The number of likely N-dealkylation sites (N-methyl/N-ethyl adjacent to an activating group) is 1. The van der Waals surface area contributed by atoms with Crippen molar-refractivity contribution < 1.29 is 38.4 Å². The van der Waals surface area contributed by atoms with Crippen molar-refractivity contribution in [2.75, 3.05) is 28.3 Å². The van der Waals surface area contributed by atoms with Gasteiger partial charge >= 0.3 is 11.6 Å². The Kier molecular flexibility index (Phi) is 7.41. The fourth-order valence-electron chi connectivity index (χ4n) is 5.95. The lowest BCUT2D eigenvalue weighted by molar-refractivity contribution is -0.212. The van der Waals surface area contributed by atoms with Crippen molar-refractivity contribution in [2.24, 2.45) is 0 Å². The molecule has 5 rings (SSSR count). The van der Waals surface area contributed by atoms with Gasteiger partial charge in [0.15, 0.2) is 0 Å². The van der Waals surface area contributed by atoms with Crippen LogP contribution in [0.1, 0.15) is 31.1 Å². The Morgan fingerprint density at radius 3 is 2.34 bits per heavy atom.